The van der Waals surface area contributed by atoms with Gasteiger partial charge in [-0.15, -0.1) is 11.3 Å². The van der Waals surface area contributed by atoms with Crippen molar-refractivity contribution >= 4 is 33.1 Å². The van der Waals surface area contributed by atoms with Gasteiger partial charge in [-0.05, 0) is 39.1 Å². The molecular formula is C15H20N4OS. The van der Waals surface area contributed by atoms with Crippen LogP contribution in [0.5, 0.6) is 0 Å². The van der Waals surface area contributed by atoms with Gasteiger partial charge in [-0.1, -0.05) is 0 Å². The van der Waals surface area contributed by atoms with E-state index in [1.54, 1.807) is 6.20 Å². The van der Waals surface area contributed by atoms with Crippen LogP contribution in [-0.2, 0) is 0 Å². The molecule has 3 rings (SSSR count). The maximum Gasteiger partial charge on any atom is 0.266 e. The number of nitrogen functional groups attached to an aromatic ring is 1. The molecule has 6 heteroatoms. The number of fused-ring (bicyclic) bond motifs is 1. The number of nitrogens with two attached hydrogens (primary N) is 1. The van der Waals surface area contributed by atoms with Crippen molar-refractivity contribution in [3.63, 3.8) is 0 Å². The minimum Gasteiger partial charge on any atom is -0.396 e. The van der Waals surface area contributed by atoms with Gasteiger partial charge in [0.2, 0.25) is 0 Å². The summed E-state index contributed by atoms with van der Waals surface area (Å²) in [6.45, 7) is 1.59. The number of rotatable bonds is 2. The number of carbonyl (C=O) groups is 1. The van der Waals surface area contributed by atoms with Crippen LogP contribution in [0.25, 0.3) is 10.2 Å². The summed E-state index contributed by atoms with van der Waals surface area (Å²) < 4.78 is 0.974. The number of thiophene rings is 1. The van der Waals surface area contributed by atoms with E-state index in [9.17, 15) is 4.79 Å². The lowest BCUT2D eigenvalue weighted by atomic mass is 10.0. The molecule has 1 aliphatic rings. The van der Waals surface area contributed by atoms with E-state index >= 15 is 0 Å². The first kappa shape index (κ1) is 14.3. The van der Waals surface area contributed by atoms with Crippen molar-refractivity contribution in [3.8, 4) is 0 Å². The Bertz CT molecular complexity index is 659. The fourth-order valence-electron chi connectivity index (χ4n) is 2.84. The van der Waals surface area contributed by atoms with Gasteiger partial charge in [0.25, 0.3) is 5.91 Å². The zero-order valence-corrected chi connectivity index (χ0v) is 13.2. The third-order valence-electron chi connectivity index (χ3n) is 4.16. The fraction of sp³-hybridized carbons (Fsp3) is 0.467. The van der Waals surface area contributed by atoms with Crippen molar-refractivity contribution in [3.05, 3.63) is 23.2 Å². The van der Waals surface area contributed by atoms with Crippen molar-refractivity contribution < 1.29 is 4.79 Å². The Labute approximate surface area is 128 Å². The summed E-state index contributed by atoms with van der Waals surface area (Å²) >= 11 is 1.44. The largest absolute Gasteiger partial charge is 0.396 e. The second-order valence-electron chi connectivity index (χ2n) is 5.68. The second kappa shape index (κ2) is 5.61. The lowest BCUT2D eigenvalue weighted by molar-refractivity contribution is 0.0669. The van der Waals surface area contributed by atoms with Gasteiger partial charge in [0.1, 0.15) is 10.4 Å². The predicted octanol–water partition coefficient (Wildman–Crippen LogP) is 2.04. The summed E-state index contributed by atoms with van der Waals surface area (Å²) in [4.78, 5) is 21.7. The van der Waals surface area contributed by atoms with E-state index in [0.29, 0.717) is 16.6 Å². The Morgan fingerprint density at radius 1 is 1.43 bits per heavy atom. The van der Waals surface area contributed by atoms with Crippen LogP contribution < -0.4 is 5.73 Å². The van der Waals surface area contributed by atoms with Crippen LogP contribution in [0, 0.1) is 0 Å². The van der Waals surface area contributed by atoms with Gasteiger partial charge in [0.15, 0.2) is 0 Å². The molecule has 1 saturated heterocycles. The maximum atomic E-state index is 12.7. The quantitative estimate of drug-likeness (QED) is 0.922. The monoisotopic (exact) mass is 304 g/mol. The minimum atomic E-state index is 0.0488. The summed E-state index contributed by atoms with van der Waals surface area (Å²) in [6.07, 6.45) is 3.74. The molecule has 0 spiro atoms. The van der Waals surface area contributed by atoms with Crippen LogP contribution in [0.2, 0.25) is 0 Å². The first-order valence-corrected chi connectivity index (χ1v) is 7.98. The Morgan fingerprint density at radius 3 is 2.76 bits per heavy atom. The maximum absolute atomic E-state index is 12.7. The summed E-state index contributed by atoms with van der Waals surface area (Å²) in [6, 6.07) is 4.39. The Morgan fingerprint density at radius 2 is 2.14 bits per heavy atom. The number of nitrogens with zero attached hydrogens (tertiary/aromatic N) is 3. The Hall–Kier alpha value is -1.66. The van der Waals surface area contributed by atoms with Crippen LogP contribution in [0.15, 0.2) is 18.3 Å². The molecule has 0 unspecified atom stereocenters. The normalized spacial score (nSPS) is 16.8. The molecule has 0 aromatic carbocycles. The molecule has 5 nitrogen and oxygen atoms in total. The van der Waals surface area contributed by atoms with Gasteiger partial charge in [-0.2, -0.15) is 0 Å². The molecule has 1 amide bonds. The number of pyridine rings is 1. The molecule has 0 bridgehead atoms. The average Bonchev–Trinajstić information content (AvgIpc) is 2.84. The average molecular weight is 304 g/mol. The molecule has 1 aliphatic heterocycles. The lowest BCUT2D eigenvalue weighted by Crippen LogP contribution is -2.44. The SMILES string of the molecule is CN(C)C1CCN(C(=O)c2sc3cccnc3c2N)CC1. The van der Waals surface area contributed by atoms with Gasteiger partial charge in [0.05, 0.1) is 10.4 Å². The molecule has 2 N–H and O–H groups in total. The van der Waals surface area contributed by atoms with Gasteiger partial charge in [0, 0.05) is 25.3 Å². The third kappa shape index (κ3) is 2.61. The number of anilines is 1. The van der Waals surface area contributed by atoms with E-state index in [2.05, 4.69) is 24.0 Å². The molecule has 2 aromatic heterocycles. The van der Waals surface area contributed by atoms with Gasteiger partial charge in [-0.3, -0.25) is 9.78 Å². The highest BCUT2D eigenvalue weighted by atomic mass is 32.1. The molecule has 0 atom stereocenters. The smallest absolute Gasteiger partial charge is 0.266 e. The number of amides is 1. The molecule has 112 valence electrons. The number of aromatic nitrogens is 1. The highest BCUT2D eigenvalue weighted by Gasteiger charge is 2.27. The van der Waals surface area contributed by atoms with E-state index < -0.39 is 0 Å². The fourth-order valence-corrected chi connectivity index (χ4v) is 3.88. The molecular weight excluding hydrogens is 284 g/mol. The van der Waals surface area contributed by atoms with Crippen molar-refractivity contribution in [1.29, 1.82) is 0 Å². The zero-order valence-electron chi connectivity index (χ0n) is 12.4. The lowest BCUT2D eigenvalue weighted by Gasteiger charge is -2.35. The number of piperidine rings is 1. The van der Waals surface area contributed by atoms with E-state index in [0.717, 1.165) is 36.1 Å². The number of hydrogen-bond donors (Lipinski definition) is 1. The summed E-state index contributed by atoms with van der Waals surface area (Å²) in [7, 11) is 4.19. The van der Waals surface area contributed by atoms with Crippen LogP contribution >= 0.6 is 11.3 Å². The van der Waals surface area contributed by atoms with Crippen molar-refractivity contribution in [1.82, 2.24) is 14.8 Å². The van der Waals surface area contributed by atoms with Crippen molar-refractivity contribution in [2.24, 2.45) is 0 Å². The van der Waals surface area contributed by atoms with Gasteiger partial charge >= 0.3 is 0 Å². The molecule has 0 radical (unpaired) electrons. The zero-order chi connectivity index (χ0) is 15.0. The van der Waals surface area contributed by atoms with E-state index in [1.807, 2.05) is 17.0 Å². The number of hydrogen-bond acceptors (Lipinski definition) is 5. The molecule has 1 fully saturated rings. The topological polar surface area (TPSA) is 62.5 Å². The summed E-state index contributed by atoms with van der Waals surface area (Å²) in [5.41, 5.74) is 7.38. The van der Waals surface area contributed by atoms with E-state index in [4.69, 9.17) is 5.73 Å². The predicted molar refractivity (Wildman–Crippen MR) is 86.6 cm³/mol. The molecule has 3 heterocycles. The molecule has 2 aromatic rings. The number of likely N-dealkylation sites (tertiary alicyclic amines) is 1. The van der Waals surface area contributed by atoms with E-state index in [1.165, 1.54) is 11.3 Å². The second-order valence-corrected chi connectivity index (χ2v) is 6.73. The van der Waals surface area contributed by atoms with Gasteiger partial charge < -0.3 is 15.5 Å². The van der Waals surface area contributed by atoms with E-state index in [-0.39, 0.29) is 5.91 Å². The van der Waals surface area contributed by atoms with Crippen molar-refractivity contribution in [2.45, 2.75) is 18.9 Å². The first-order chi connectivity index (χ1) is 10.1. The van der Waals surface area contributed by atoms with Crippen LogP contribution in [0.1, 0.15) is 22.5 Å². The molecule has 21 heavy (non-hydrogen) atoms. The standard InChI is InChI=1S/C15H20N4OS/c1-18(2)10-5-8-19(9-6-10)15(20)14-12(16)13-11(21-14)4-3-7-17-13/h3-4,7,10H,5-6,8-9,16H2,1-2H3. The first-order valence-electron chi connectivity index (χ1n) is 7.16. The Balaban J connectivity index is 1.80. The van der Waals surface area contributed by atoms with Crippen LogP contribution in [0.3, 0.4) is 0 Å². The van der Waals surface area contributed by atoms with Crippen LogP contribution in [0.4, 0.5) is 5.69 Å². The highest BCUT2D eigenvalue weighted by Crippen LogP contribution is 2.33. The molecule has 0 aliphatic carbocycles. The third-order valence-corrected chi connectivity index (χ3v) is 5.31. The Kier molecular flexibility index (Phi) is 3.82. The minimum absolute atomic E-state index is 0.0488. The van der Waals surface area contributed by atoms with Crippen molar-refractivity contribution in [2.75, 3.05) is 32.9 Å². The summed E-state index contributed by atoms with van der Waals surface area (Å²) in [5.74, 6) is 0.0488. The highest BCUT2D eigenvalue weighted by molar-refractivity contribution is 7.21. The number of carbonyl (C=O) groups excluding carboxylic acids is 1. The summed E-state index contributed by atoms with van der Waals surface area (Å²) in [5, 5.41) is 0. The van der Waals surface area contributed by atoms with Crippen LogP contribution in [-0.4, -0.2) is 53.9 Å². The van der Waals surface area contributed by atoms with Gasteiger partial charge in [-0.25, -0.2) is 0 Å². The molecule has 0 saturated carbocycles.